The molecule has 2 heterocycles. The molecule has 1 amide bonds. The molecular formula is C16H14FN5O3. The van der Waals surface area contributed by atoms with Gasteiger partial charge in [0, 0.05) is 25.0 Å². The molecule has 0 aliphatic carbocycles. The topological polar surface area (TPSA) is 102 Å². The Hall–Kier alpha value is -3.49. The largest absolute Gasteiger partial charge is 0.465 e. The number of anilines is 1. The highest BCUT2D eigenvalue weighted by Crippen LogP contribution is 2.25. The van der Waals surface area contributed by atoms with E-state index in [1.165, 1.54) is 47.4 Å². The molecule has 3 rings (SSSR count). The highest BCUT2D eigenvalue weighted by Gasteiger charge is 2.19. The van der Waals surface area contributed by atoms with E-state index < -0.39 is 17.7 Å². The summed E-state index contributed by atoms with van der Waals surface area (Å²) in [5.74, 6) is 0. The van der Waals surface area contributed by atoms with Crippen LogP contribution in [0.2, 0.25) is 0 Å². The van der Waals surface area contributed by atoms with E-state index in [1.54, 1.807) is 17.9 Å². The lowest BCUT2D eigenvalue weighted by molar-refractivity contribution is 0.209. The molecule has 2 aromatic heterocycles. The van der Waals surface area contributed by atoms with Crippen LogP contribution in [0, 0.1) is 0 Å². The number of carbonyl (C=O) groups is 1. The van der Waals surface area contributed by atoms with Gasteiger partial charge in [-0.15, -0.1) is 0 Å². The fourth-order valence-electron chi connectivity index (χ4n) is 2.32. The lowest BCUT2D eigenvalue weighted by Gasteiger charge is -2.11. The van der Waals surface area contributed by atoms with Gasteiger partial charge in [-0.05, 0) is 17.7 Å². The quantitative estimate of drug-likeness (QED) is 0.755. The first-order chi connectivity index (χ1) is 11.9. The minimum absolute atomic E-state index is 0.125. The number of carboxylic acid groups (broad SMARTS) is 1. The second kappa shape index (κ2) is 6.56. The molecule has 25 heavy (non-hydrogen) atoms. The highest BCUT2D eigenvalue weighted by atomic mass is 19.1. The average molecular weight is 343 g/mol. The van der Waals surface area contributed by atoms with Crippen LogP contribution >= 0.6 is 0 Å². The van der Waals surface area contributed by atoms with Gasteiger partial charge in [0.25, 0.3) is 0 Å². The summed E-state index contributed by atoms with van der Waals surface area (Å²) >= 11 is 0. The third kappa shape index (κ3) is 3.55. The van der Waals surface area contributed by atoms with Gasteiger partial charge in [-0.25, -0.2) is 13.9 Å². The summed E-state index contributed by atoms with van der Waals surface area (Å²) < 4.78 is 17.8. The Bertz CT molecular complexity index is 982. The number of nitrogens with zero attached hydrogens (tertiary/aromatic N) is 4. The lowest BCUT2D eigenvalue weighted by atomic mass is 10.1. The molecule has 0 saturated carbocycles. The van der Waals surface area contributed by atoms with Crippen molar-refractivity contribution in [1.82, 2.24) is 19.6 Å². The molecule has 0 saturated heterocycles. The van der Waals surface area contributed by atoms with Crippen LogP contribution in [0.15, 0.2) is 53.7 Å². The molecule has 2 N–H and O–H groups in total. The van der Waals surface area contributed by atoms with Gasteiger partial charge in [-0.1, -0.05) is 12.1 Å². The number of halogens is 1. The summed E-state index contributed by atoms with van der Waals surface area (Å²) in [6, 6.07) is 6.98. The predicted octanol–water partition coefficient (Wildman–Crippen LogP) is 2.11. The van der Waals surface area contributed by atoms with Crippen molar-refractivity contribution in [2.24, 2.45) is 7.05 Å². The number of benzene rings is 1. The molecule has 128 valence electrons. The van der Waals surface area contributed by atoms with E-state index in [9.17, 15) is 14.0 Å². The number of alkyl halides is 1. The summed E-state index contributed by atoms with van der Waals surface area (Å²) in [5, 5.41) is 19.0. The van der Waals surface area contributed by atoms with E-state index >= 15 is 0 Å². The van der Waals surface area contributed by atoms with Crippen molar-refractivity contribution in [3.63, 3.8) is 0 Å². The molecular weight excluding hydrogens is 329 g/mol. The van der Waals surface area contributed by atoms with Crippen LogP contribution in [-0.4, -0.2) is 30.8 Å². The van der Waals surface area contributed by atoms with Gasteiger partial charge in [0.2, 0.25) is 5.43 Å². The van der Waals surface area contributed by atoms with E-state index in [0.29, 0.717) is 5.69 Å². The van der Waals surface area contributed by atoms with Gasteiger partial charge < -0.3 is 5.11 Å². The van der Waals surface area contributed by atoms with Gasteiger partial charge in [0.1, 0.15) is 11.4 Å². The maximum absolute atomic E-state index is 14.9. The number of aromatic nitrogens is 4. The zero-order valence-corrected chi connectivity index (χ0v) is 13.1. The summed E-state index contributed by atoms with van der Waals surface area (Å²) in [5.41, 5.74) is 0.0660. The molecule has 1 unspecified atom stereocenters. The molecule has 9 heteroatoms. The van der Waals surface area contributed by atoms with Crippen LogP contribution in [0.25, 0.3) is 5.69 Å². The smallest absolute Gasteiger partial charge is 0.409 e. The molecule has 0 radical (unpaired) electrons. The normalized spacial score (nSPS) is 11.9. The van der Waals surface area contributed by atoms with Crippen molar-refractivity contribution in [1.29, 1.82) is 0 Å². The molecule has 0 aliphatic rings. The summed E-state index contributed by atoms with van der Waals surface area (Å²) in [6.45, 7) is 0. The van der Waals surface area contributed by atoms with Crippen LogP contribution in [0.1, 0.15) is 17.4 Å². The lowest BCUT2D eigenvalue weighted by Crippen LogP contribution is -2.18. The Kier molecular flexibility index (Phi) is 4.29. The Balaban J connectivity index is 1.98. The van der Waals surface area contributed by atoms with Crippen LogP contribution in [0.5, 0.6) is 0 Å². The number of amides is 1. The Morgan fingerprint density at radius 3 is 2.84 bits per heavy atom. The number of aryl methyl sites for hydroxylation is 1. The van der Waals surface area contributed by atoms with E-state index in [0.717, 1.165) is 0 Å². The van der Waals surface area contributed by atoms with Crippen LogP contribution in [-0.2, 0) is 7.05 Å². The first kappa shape index (κ1) is 16.4. The molecule has 0 bridgehead atoms. The second-order valence-corrected chi connectivity index (χ2v) is 5.30. The maximum Gasteiger partial charge on any atom is 0.409 e. The van der Waals surface area contributed by atoms with Crippen molar-refractivity contribution >= 4 is 11.8 Å². The maximum atomic E-state index is 14.9. The van der Waals surface area contributed by atoms with Crippen LogP contribution in [0.3, 0.4) is 0 Å². The van der Waals surface area contributed by atoms with Crippen LogP contribution < -0.4 is 10.7 Å². The van der Waals surface area contributed by atoms with Gasteiger partial charge in [-0.2, -0.15) is 10.2 Å². The zero-order valence-electron chi connectivity index (χ0n) is 13.1. The number of nitrogens with one attached hydrogen (secondary N) is 1. The Labute approximate surface area is 141 Å². The molecule has 0 spiro atoms. The zero-order chi connectivity index (χ0) is 18.0. The predicted molar refractivity (Wildman–Crippen MR) is 87.6 cm³/mol. The van der Waals surface area contributed by atoms with Gasteiger partial charge in [0.15, 0.2) is 6.17 Å². The third-order valence-electron chi connectivity index (χ3n) is 3.46. The minimum atomic E-state index is -1.80. The first-order valence-electron chi connectivity index (χ1n) is 7.27. The van der Waals surface area contributed by atoms with Gasteiger partial charge >= 0.3 is 6.09 Å². The summed E-state index contributed by atoms with van der Waals surface area (Å²) in [7, 11) is 1.73. The summed E-state index contributed by atoms with van der Waals surface area (Å²) in [6.07, 6.45) is 1.58. The van der Waals surface area contributed by atoms with E-state index in [4.69, 9.17) is 5.11 Å². The first-order valence-corrected chi connectivity index (χ1v) is 7.27. The number of hydrogen-bond donors (Lipinski definition) is 2. The van der Waals surface area contributed by atoms with Crippen molar-refractivity contribution in [2.75, 3.05) is 5.32 Å². The molecule has 0 aliphatic heterocycles. The Morgan fingerprint density at radius 1 is 1.36 bits per heavy atom. The average Bonchev–Trinajstić information content (AvgIpc) is 3.01. The Morgan fingerprint density at radius 2 is 2.16 bits per heavy atom. The van der Waals surface area contributed by atoms with E-state index in [-0.39, 0.29) is 16.9 Å². The molecule has 0 fully saturated rings. The SMILES string of the molecule is Cn1cc(-n2ccc(=O)c(C(F)c3cccc(NC(=O)O)c3)n2)cn1. The minimum Gasteiger partial charge on any atom is -0.465 e. The van der Waals surface area contributed by atoms with Gasteiger partial charge in [0.05, 0.1) is 12.4 Å². The van der Waals surface area contributed by atoms with Crippen LogP contribution in [0.4, 0.5) is 14.9 Å². The number of rotatable bonds is 4. The van der Waals surface area contributed by atoms with Crippen molar-refractivity contribution in [3.05, 3.63) is 70.4 Å². The monoisotopic (exact) mass is 343 g/mol. The molecule has 1 aromatic carbocycles. The van der Waals surface area contributed by atoms with Crippen molar-refractivity contribution in [2.45, 2.75) is 6.17 Å². The standard InChI is InChI=1S/C16H14FN5O3/c1-21-9-12(8-18-21)22-6-5-13(23)15(20-22)14(17)10-3-2-4-11(7-10)19-16(24)25/h2-9,14,19H,1H3,(H,24,25). The fourth-order valence-corrected chi connectivity index (χ4v) is 2.32. The summed E-state index contributed by atoms with van der Waals surface area (Å²) in [4.78, 5) is 22.7. The highest BCUT2D eigenvalue weighted by molar-refractivity contribution is 5.82. The molecule has 3 aromatic rings. The molecule has 1 atom stereocenters. The van der Waals surface area contributed by atoms with E-state index in [1.807, 2.05) is 0 Å². The second-order valence-electron chi connectivity index (χ2n) is 5.30. The van der Waals surface area contributed by atoms with Crippen molar-refractivity contribution < 1.29 is 14.3 Å². The fraction of sp³-hybridized carbons (Fsp3) is 0.125. The van der Waals surface area contributed by atoms with Gasteiger partial charge in [-0.3, -0.25) is 14.8 Å². The number of hydrogen-bond acceptors (Lipinski definition) is 4. The molecule has 8 nitrogen and oxygen atoms in total. The van der Waals surface area contributed by atoms with E-state index in [2.05, 4.69) is 15.5 Å². The van der Waals surface area contributed by atoms with Crippen molar-refractivity contribution in [3.8, 4) is 5.69 Å². The third-order valence-corrected chi connectivity index (χ3v) is 3.46.